The van der Waals surface area contributed by atoms with E-state index in [1.165, 1.54) is 11.7 Å². The fourth-order valence-electron chi connectivity index (χ4n) is 4.13. The normalized spacial score (nSPS) is 11.1. The van der Waals surface area contributed by atoms with Gasteiger partial charge in [0.25, 0.3) is 5.56 Å². The Kier molecular flexibility index (Phi) is 5.52. The van der Waals surface area contributed by atoms with Crippen molar-refractivity contribution in [3.8, 4) is 11.1 Å². The Morgan fingerprint density at radius 2 is 1.70 bits per heavy atom. The van der Waals surface area contributed by atoms with E-state index in [4.69, 9.17) is 9.72 Å². The van der Waals surface area contributed by atoms with Crippen LogP contribution >= 0.6 is 15.9 Å². The first kappa shape index (κ1) is 21.1. The fourth-order valence-corrected chi connectivity index (χ4v) is 4.50. The van der Waals surface area contributed by atoms with Crippen LogP contribution in [-0.4, -0.2) is 22.6 Å². The Balaban J connectivity index is 1.84. The predicted molar refractivity (Wildman–Crippen MR) is 134 cm³/mol. The maximum absolute atomic E-state index is 13.6. The number of para-hydroxylation sites is 1. The number of esters is 1. The van der Waals surface area contributed by atoms with E-state index in [9.17, 15) is 9.59 Å². The highest BCUT2D eigenvalue weighted by Gasteiger charge is 2.24. The molecule has 0 saturated carbocycles. The number of nitrogens with zero attached hydrogens (tertiary/aromatic N) is 2. The van der Waals surface area contributed by atoms with Crippen LogP contribution in [0.2, 0.25) is 0 Å². The van der Waals surface area contributed by atoms with Crippen LogP contribution in [0, 0.1) is 0 Å². The van der Waals surface area contributed by atoms with Crippen molar-refractivity contribution in [3.63, 3.8) is 0 Å². The number of aromatic nitrogens is 2. The van der Waals surface area contributed by atoms with E-state index in [1.807, 2.05) is 78.9 Å². The van der Waals surface area contributed by atoms with E-state index in [-0.39, 0.29) is 17.8 Å². The van der Waals surface area contributed by atoms with E-state index >= 15 is 0 Å². The van der Waals surface area contributed by atoms with Crippen molar-refractivity contribution in [2.45, 2.75) is 6.54 Å². The van der Waals surface area contributed by atoms with Gasteiger partial charge in [0.2, 0.25) is 0 Å². The molecule has 0 N–H and O–H groups in total. The summed E-state index contributed by atoms with van der Waals surface area (Å²) >= 11 is 3.50. The summed E-state index contributed by atoms with van der Waals surface area (Å²) in [4.78, 5) is 31.5. The third kappa shape index (κ3) is 3.83. The van der Waals surface area contributed by atoms with Gasteiger partial charge in [-0.05, 0) is 41.3 Å². The largest absolute Gasteiger partial charge is 0.464 e. The lowest BCUT2D eigenvalue weighted by atomic mass is 9.96. The second kappa shape index (κ2) is 8.64. The van der Waals surface area contributed by atoms with Crippen LogP contribution in [0.25, 0.3) is 32.8 Å². The fraction of sp³-hybridized carbons (Fsp3) is 0.0741. The number of rotatable bonds is 4. The summed E-state index contributed by atoms with van der Waals surface area (Å²) in [5, 5.41) is 2.21. The van der Waals surface area contributed by atoms with Gasteiger partial charge < -0.3 is 4.74 Å². The average molecular weight is 499 g/mol. The molecule has 0 spiro atoms. The lowest BCUT2D eigenvalue weighted by Gasteiger charge is -2.19. The molecule has 5 aromatic rings. The topological polar surface area (TPSA) is 61.2 Å². The van der Waals surface area contributed by atoms with Crippen molar-refractivity contribution in [3.05, 3.63) is 111 Å². The number of carbonyl (C=O) groups is 1. The zero-order valence-corrected chi connectivity index (χ0v) is 19.4. The van der Waals surface area contributed by atoms with Gasteiger partial charge in [0.1, 0.15) is 5.69 Å². The molecule has 0 aliphatic heterocycles. The summed E-state index contributed by atoms with van der Waals surface area (Å²) < 4.78 is 7.44. The van der Waals surface area contributed by atoms with E-state index in [1.54, 1.807) is 6.07 Å². The van der Waals surface area contributed by atoms with Crippen LogP contribution in [-0.2, 0) is 11.3 Å². The minimum Gasteiger partial charge on any atom is -0.464 e. The number of benzene rings is 3. The highest BCUT2D eigenvalue weighted by atomic mass is 79.9. The van der Waals surface area contributed by atoms with Crippen molar-refractivity contribution in [2.24, 2.45) is 0 Å². The molecule has 2 aromatic heterocycles. The summed E-state index contributed by atoms with van der Waals surface area (Å²) in [6, 6.07) is 26.7. The molecule has 5 rings (SSSR count). The van der Waals surface area contributed by atoms with Crippen molar-refractivity contribution >= 4 is 43.6 Å². The van der Waals surface area contributed by atoms with Crippen molar-refractivity contribution in [2.75, 3.05) is 7.11 Å². The molecular weight excluding hydrogens is 480 g/mol. The number of fused-ring (bicyclic) bond motifs is 2. The zero-order chi connectivity index (χ0) is 22.9. The van der Waals surface area contributed by atoms with Gasteiger partial charge >= 0.3 is 5.97 Å². The Morgan fingerprint density at radius 3 is 2.48 bits per heavy atom. The highest BCUT2D eigenvalue weighted by Crippen LogP contribution is 2.33. The lowest BCUT2D eigenvalue weighted by molar-refractivity contribution is 0.0588. The van der Waals surface area contributed by atoms with Gasteiger partial charge in [-0.15, -0.1) is 0 Å². The summed E-state index contributed by atoms with van der Waals surface area (Å²) in [5.74, 6) is -0.575. The SMILES string of the molecule is COC(=O)c1c(-c2ccccc2)c2cc(Br)ccc2c(=O)n1Cc1ccc2ccccc2n1. The molecule has 0 fully saturated rings. The Morgan fingerprint density at radius 1 is 0.939 bits per heavy atom. The summed E-state index contributed by atoms with van der Waals surface area (Å²) in [6.45, 7) is 0.139. The predicted octanol–water partition coefficient (Wildman–Crippen LogP) is 5.81. The first-order valence-electron chi connectivity index (χ1n) is 10.4. The van der Waals surface area contributed by atoms with Crippen LogP contribution in [0.5, 0.6) is 0 Å². The van der Waals surface area contributed by atoms with E-state index in [0.717, 1.165) is 20.9 Å². The monoisotopic (exact) mass is 498 g/mol. The summed E-state index contributed by atoms with van der Waals surface area (Å²) in [7, 11) is 1.32. The molecule has 2 heterocycles. The molecule has 0 amide bonds. The maximum Gasteiger partial charge on any atom is 0.355 e. The lowest BCUT2D eigenvalue weighted by Crippen LogP contribution is -2.29. The summed E-state index contributed by atoms with van der Waals surface area (Å²) in [5.41, 5.74) is 2.91. The molecule has 0 aliphatic carbocycles. The van der Waals surface area contributed by atoms with Crippen molar-refractivity contribution in [1.82, 2.24) is 9.55 Å². The van der Waals surface area contributed by atoms with E-state index in [2.05, 4.69) is 15.9 Å². The van der Waals surface area contributed by atoms with E-state index < -0.39 is 5.97 Å². The number of ether oxygens (including phenoxy) is 1. The molecule has 33 heavy (non-hydrogen) atoms. The smallest absolute Gasteiger partial charge is 0.355 e. The van der Waals surface area contributed by atoms with E-state index in [0.29, 0.717) is 22.0 Å². The number of methoxy groups -OCH3 is 1. The zero-order valence-electron chi connectivity index (χ0n) is 17.8. The summed E-state index contributed by atoms with van der Waals surface area (Å²) in [6.07, 6.45) is 0. The molecule has 3 aromatic carbocycles. The van der Waals surface area contributed by atoms with Crippen molar-refractivity contribution < 1.29 is 9.53 Å². The van der Waals surface area contributed by atoms with Crippen LogP contribution < -0.4 is 5.56 Å². The molecule has 0 bridgehead atoms. The van der Waals surface area contributed by atoms with Gasteiger partial charge in [-0.2, -0.15) is 0 Å². The Labute approximate surface area is 198 Å². The van der Waals surface area contributed by atoms with Crippen LogP contribution in [0.15, 0.2) is 94.2 Å². The molecule has 6 heteroatoms. The molecule has 0 atom stereocenters. The molecule has 0 radical (unpaired) electrons. The second-order valence-corrected chi connectivity index (χ2v) is 8.57. The number of pyridine rings is 2. The number of hydrogen-bond donors (Lipinski definition) is 0. The first-order chi connectivity index (χ1) is 16.1. The van der Waals surface area contributed by atoms with Gasteiger partial charge in [0.05, 0.1) is 24.9 Å². The molecule has 0 aliphatic rings. The maximum atomic E-state index is 13.6. The van der Waals surface area contributed by atoms with Gasteiger partial charge in [0.15, 0.2) is 0 Å². The minimum absolute atomic E-state index is 0.139. The molecule has 162 valence electrons. The van der Waals surface area contributed by atoms with Gasteiger partial charge in [-0.3, -0.25) is 14.3 Å². The van der Waals surface area contributed by atoms with Gasteiger partial charge in [0, 0.05) is 20.8 Å². The number of carbonyl (C=O) groups excluding carboxylic acids is 1. The van der Waals surface area contributed by atoms with Crippen LogP contribution in [0.4, 0.5) is 0 Å². The minimum atomic E-state index is -0.575. The van der Waals surface area contributed by atoms with Crippen LogP contribution in [0.1, 0.15) is 16.2 Å². The average Bonchev–Trinajstić information content (AvgIpc) is 2.85. The van der Waals surface area contributed by atoms with Crippen LogP contribution in [0.3, 0.4) is 0 Å². The number of hydrogen-bond acceptors (Lipinski definition) is 4. The third-order valence-electron chi connectivity index (χ3n) is 5.65. The number of halogens is 1. The molecule has 5 nitrogen and oxygen atoms in total. The standard InChI is InChI=1S/C27H19BrN2O3/c1-33-27(32)25-24(18-8-3-2-4-9-18)22-15-19(28)12-14-21(22)26(31)30(25)16-20-13-11-17-7-5-6-10-23(17)29-20/h2-15H,16H2,1H3. The first-order valence-corrected chi connectivity index (χ1v) is 11.2. The second-order valence-electron chi connectivity index (χ2n) is 7.66. The Bertz CT molecular complexity index is 1580. The quantitative estimate of drug-likeness (QED) is 0.293. The highest BCUT2D eigenvalue weighted by molar-refractivity contribution is 9.10. The van der Waals surface area contributed by atoms with Gasteiger partial charge in [-0.1, -0.05) is 70.5 Å². The molecule has 0 saturated heterocycles. The third-order valence-corrected chi connectivity index (χ3v) is 6.14. The molecular formula is C27H19BrN2O3. The van der Waals surface area contributed by atoms with Gasteiger partial charge in [-0.25, -0.2) is 4.79 Å². The molecule has 0 unspecified atom stereocenters. The Hall–Kier alpha value is -3.77. The van der Waals surface area contributed by atoms with Crippen molar-refractivity contribution in [1.29, 1.82) is 0 Å².